The lowest BCUT2D eigenvalue weighted by Gasteiger charge is -2.19. The predicted octanol–water partition coefficient (Wildman–Crippen LogP) is 4.96. The summed E-state index contributed by atoms with van der Waals surface area (Å²) in [6.45, 7) is 2.26. The van der Waals surface area contributed by atoms with Crippen molar-refractivity contribution in [2.45, 2.75) is 44.3 Å². The quantitative estimate of drug-likeness (QED) is 0.435. The summed E-state index contributed by atoms with van der Waals surface area (Å²) < 4.78 is 5.49. The number of amides is 1. The third kappa shape index (κ3) is 5.27. The van der Waals surface area contributed by atoms with Crippen molar-refractivity contribution in [1.29, 1.82) is 0 Å². The van der Waals surface area contributed by atoms with Gasteiger partial charge in [-0.3, -0.25) is 0 Å². The number of carbonyl (C=O) groups excluding carboxylic acids is 1. The summed E-state index contributed by atoms with van der Waals surface area (Å²) >= 11 is 0. The Morgan fingerprint density at radius 1 is 0.939 bits per heavy atom. The van der Waals surface area contributed by atoms with Crippen LogP contribution >= 0.6 is 0 Å². The van der Waals surface area contributed by atoms with Crippen LogP contribution in [0.2, 0.25) is 0 Å². The minimum Gasteiger partial charge on any atom is -0.449 e. The Morgan fingerprint density at radius 2 is 1.55 bits per heavy atom. The maximum atomic E-state index is 12.3. The lowest BCUT2D eigenvalue weighted by Crippen LogP contribution is -2.36. The highest BCUT2D eigenvalue weighted by Gasteiger charge is 2.29. The molecule has 0 heterocycles. The Bertz CT molecular complexity index is 1030. The van der Waals surface area contributed by atoms with Gasteiger partial charge in [-0.05, 0) is 46.2 Å². The van der Waals surface area contributed by atoms with Crippen LogP contribution in [0.5, 0.6) is 0 Å². The van der Waals surface area contributed by atoms with Gasteiger partial charge in [0.2, 0.25) is 0 Å². The summed E-state index contributed by atoms with van der Waals surface area (Å²) in [4.78, 5) is 12.3. The number of rotatable bonds is 9. The second-order valence-corrected chi connectivity index (χ2v) is 8.56. The minimum absolute atomic E-state index is 0.0233. The van der Waals surface area contributed by atoms with Gasteiger partial charge in [-0.1, -0.05) is 86.1 Å². The first kappa shape index (κ1) is 23.0. The Labute approximate surface area is 195 Å². The fraction of sp³-hybridized carbons (Fsp3) is 0.321. The molecule has 5 heteroatoms. The van der Waals surface area contributed by atoms with Crippen LogP contribution < -0.4 is 5.32 Å². The number of hydrogen-bond donors (Lipinski definition) is 3. The second kappa shape index (κ2) is 10.6. The van der Waals surface area contributed by atoms with Gasteiger partial charge in [0.05, 0.1) is 0 Å². The summed E-state index contributed by atoms with van der Waals surface area (Å²) in [7, 11) is 0. The van der Waals surface area contributed by atoms with Crippen LogP contribution in [0.3, 0.4) is 0 Å². The standard InChI is InChI=1S/C28H31NO4/c1-2-3-8-19-13-15-20(16-14-19)27(31)26(30)17-29-28(32)33-18-25-23-11-6-4-9-21(23)22-10-5-7-12-24(22)25/h4-7,9-16,25-27,30-31H,2-3,8,17-18H2,1H3,(H,29,32). The Morgan fingerprint density at radius 3 is 2.15 bits per heavy atom. The van der Waals surface area contributed by atoms with Gasteiger partial charge in [-0.15, -0.1) is 0 Å². The highest BCUT2D eigenvalue weighted by Crippen LogP contribution is 2.44. The molecule has 0 saturated heterocycles. The Hall–Kier alpha value is -3.15. The molecule has 33 heavy (non-hydrogen) atoms. The molecule has 3 N–H and O–H groups in total. The summed E-state index contributed by atoms with van der Waals surface area (Å²) in [5, 5.41) is 23.4. The van der Waals surface area contributed by atoms with Crippen LogP contribution in [-0.4, -0.2) is 35.6 Å². The monoisotopic (exact) mass is 445 g/mol. The molecule has 1 amide bonds. The van der Waals surface area contributed by atoms with Crippen LogP contribution in [0.15, 0.2) is 72.8 Å². The number of aliphatic hydroxyl groups excluding tert-OH is 2. The van der Waals surface area contributed by atoms with E-state index in [1.807, 2.05) is 48.5 Å². The summed E-state index contributed by atoms with van der Waals surface area (Å²) in [6.07, 6.45) is 0.418. The Kier molecular flexibility index (Phi) is 7.43. The fourth-order valence-electron chi connectivity index (χ4n) is 4.43. The molecule has 1 aliphatic rings. The zero-order valence-electron chi connectivity index (χ0n) is 18.9. The average Bonchev–Trinajstić information content (AvgIpc) is 3.18. The van der Waals surface area contributed by atoms with Crippen molar-refractivity contribution in [3.05, 3.63) is 95.1 Å². The number of ether oxygens (including phenoxy) is 1. The number of carbonyl (C=O) groups is 1. The first-order valence-corrected chi connectivity index (χ1v) is 11.6. The number of aliphatic hydroxyl groups is 2. The van der Waals surface area contributed by atoms with Crippen molar-refractivity contribution >= 4 is 6.09 Å². The molecule has 0 aromatic heterocycles. The molecule has 5 nitrogen and oxygen atoms in total. The number of unbranched alkanes of at least 4 members (excludes halogenated alkanes) is 1. The van der Waals surface area contributed by atoms with E-state index in [0.717, 1.165) is 30.4 Å². The molecule has 2 atom stereocenters. The smallest absolute Gasteiger partial charge is 0.407 e. The fourth-order valence-corrected chi connectivity index (χ4v) is 4.43. The summed E-state index contributed by atoms with van der Waals surface area (Å²) in [6, 6.07) is 23.9. The molecule has 172 valence electrons. The van der Waals surface area contributed by atoms with Gasteiger partial charge in [0.15, 0.2) is 0 Å². The van der Waals surface area contributed by atoms with Gasteiger partial charge in [-0.2, -0.15) is 0 Å². The number of fused-ring (bicyclic) bond motifs is 3. The third-order valence-corrected chi connectivity index (χ3v) is 6.30. The predicted molar refractivity (Wildman–Crippen MR) is 129 cm³/mol. The summed E-state index contributed by atoms with van der Waals surface area (Å²) in [5.74, 6) is -0.0233. The van der Waals surface area contributed by atoms with Gasteiger partial charge in [0.1, 0.15) is 18.8 Å². The van der Waals surface area contributed by atoms with Crippen molar-refractivity contribution in [3.63, 3.8) is 0 Å². The SMILES string of the molecule is CCCCc1ccc(C(O)C(O)CNC(=O)OCC2c3ccccc3-c3ccccc32)cc1. The molecule has 0 aliphatic heterocycles. The molecule has 4 rings (SSSR count). The number of nitrogens with one attached hydrogen (secondary N) is 1. The van der Waals surface area contributed by atoms with E-state index in [-0.39, 0.29) is 19.1 Å². The van der Waals surface area contributed by atoms with Crippen molar-refractivity contribution in [2.75, 3.05) is 13.2 Å². The van der Waals surface area contributed by atoms with Gasteiger partial charge in [0, 0.05) is 12.5 Å². The van der Waals surface area contributed by atoms with Crippen molar-refractivity contribution in [2.24, 2.45) is 0 Å². The molecule has 0 bridgehead atoms. The van der Waals surface area contributed by atoms with E-state index < -0.39 is 18.3 Å². The second-order valence-electron chi connectivity index (χ2n) is 8.56. The normalized spacial score (nSPS) is 14.3. The van der Waals surface area contributed by atoms with Crippen molar-refractivity contribution in [1.82, 2.24) is 5.32 Å². The van der Waals surface area contributed by atoms with Gasteiger partial charge >= 0.3 is 6.09 Å². The molecule has 0 saturated carbocycles. The molecule has 0 fully saturated rings. The minimum atomic E-state index is -1.13. The van der Waals surface area contributed by atoms with Crippen molar-refractivity contribution in [3.8, 4) is 11.1 Å². The van der Waals surface area contributed by atoms with E-state index >= 15 is 0 Å². The van der Waals surface area contributed by atoms with Gasteiger partial charge < -0.3 is 20.3 Å². The average molecular weight is 446 g/mol. The summed E-state index contributed by atoms with van der Waals surface area (Å²) in [5.41, 5.74) is 6.45. The molecule has 3 aromatic carbocycles. The lowest BCUT2D eigenvalue weighted by atomic mass is 9.98. The lowest BCUT2D eigenvalue weighted by molar-refractivity contribution is 0.0185. The van der Waals surface area contributed by atoms with Crippen LogP contribution in [0.1, 0.15) is 54.0 Å². The highest BCUT2D eigenvalue weighted by atomic mass is 16.5. The van der Waals surface area contributed by atoms with Crippen LogP contribution in [0.25, 0.3) is 11.1 Å². The maximum Gasteiger partial charge on any atom is 0.407 e. The molecule has 0 radical (unpaired) electrons. The molecule has 3 aromatic rings. The number of alkyl carbamates (subject to hydrolysis) is 1. The number of hydrogen-bond acceptors (Lipinski definition) is 4. The number of benzene rings is 3. The van der Waals surface area contributed by atoms with E-state index in [1.54, 1.807) is 0 Å². The first-order valence-electron chi connectivity index (χ1n) is 11.6. The molecule has 1 aliphatic carbocycles. The largest absolute Gasteiger partial charge is 0.449 e. The van der Waals surface area contributed by atoms with Gasteiger partial charge in [-0.25, -0.2) is 4.79 Å². The maximum absolute atomic E-state index is 12.3. The van der Waals surface area contributed by atoms with Gasteiger partial charge in [0.25, 0.3) is 0 Å². The topological polar surface area (TPSA) is 78.8 Å². The van der Waals surface area contributed by atoms with E-state index in [9.17, 15) is 15.0 Å². The van der Waals surface area contributed by atoms with E-state index in [2.05, 4.69) is 36.5 Å². The van der Waals surface area contributed by atoms with Crippen LogP contribution in [-0.2, 0) is 11.2 Å². The van der Waals surface area contributed by atoms with E-state index in [0.29, 0.717) is 5.56 Å². The molecule has 2 unspecified atom stereocenters. The Balaban J connectivity index is 1.29. The molecular weight excluding hydrogens is 414 g/mol. The zero-order valence-corrected chi connectivity index (χ0v) is 18.9. The van der Waals surface area contributed by atoms with E-state index in [1.165, 1.54) is 16.7 Å². The van der Waals surface area contributed by atoms with Crippen LogP contribution in [0, 0.1) is 0 Å². The zero-order chi connectivity index (χ0) is 23.2. The highest BCUT2D eigenvalue weighted by molar-refractivity contribution is 5.79. The third-order valence-electron chi connectivity index (χ3n) is 6.30. The van der Waals surface area contributed by atoms with Crippen LogP contribution in [0.4, 0.5) is 4.79 Å². The first-order chi connectivity index (χ1) is 16.1. The van der Waals surface area contributed by atoms with Crippen molar-refractivity contribution < 1.29 is 19.7 Å². The molecular formula is C28H31NO4. The van der Waals surface area contributed by atoms with E-state index in [4.69, 9.17) is 4.74 Å². The number of aryl methyl sites for hydroxylation is 1. The molecule has 0 spiro atoms.